The zero-order valence-electron chi connectivity index (χ0n) is 11.5. The lowest BCUT2D eigenvalue weighted by atomic mass is 9.85. The highest BCUT2D eigenvalue weighted by Gasteiger charge is 2.34. The summed E-state index contributed by atoms with van der Waals surface area (Å²) in [5.41, 5.74) is 2.27. The lowest BCUT2D eigenvalue weighted by molar-refractivity contribution is -0.189. The molecule has 1 aromatic rings. The van der Waals surface area contributed by atoms with E-state index in [9.17, 15) is 13.2 Å². The molecule has 2 atom stereocenters. The summed E-state index contributed by atoms with van der Waals surface area (Å²) in [5.74, 6) is 0. The maximum Gasteiger partial charge on any atom is 0.411 e. The van der Waals surface area contributed by atoms with Gasteiger partial charge in [-0.2, -0.15) is 13.2 Å². The molecular formula is C15H20F3NO. The quantitative estimate of drug-likeness (QED) is 0.893. The number of hydrogen-bond acceptors (Lipinski definition) is 2. The fourth-order valence-electron chi connectivity index (χ4n) is 2.65. The number of hydrogen-bond donors (Lipinski definition) is 1. The van der Waals surface area contributed by atoms with E-state index in [4.69, 9.17) is 4.74 Å². The van der Waals surface area contributed by atoms with Crippen LogP contribution < -0.4 is 5.32 Å². The van der Waals surface area contributed by atoms with Crippen molar-refractivity contribution < 1.29 is 17.9 Å². The van der Waals surface area contributed by atoms with Crippen molar-refractivity contribution in [2.75, 3.05) is 13.2 Å². The molecule has 0 fully saturated rings. The van der Waals surface area contributed by atoms with Crippen molar-refractivity contribution in [1.29, 1.82) is 0 Å². The smallest absolute Gasteiger partial charge is 0.367 e. The summed E-state index contributed by atoms with van der Waals surface area (Å²) in [4.78, 5) is 0. The van der Waals surface area contributed by atoms with Gasteiger partial charge in [-0.05, 0) is 36.9 Å². The maximum atomic E-state index is 12.3. The number of nitrogens with one attached hydrogen (secondary N) is 1. The van der Waals surface area contributed by atoms with Gasteiger partial charge in [0.1, 0.15) is 6.61 Å². The van der Waals surface area contributed by atoms with Gasteiger partial charge in [-0.15, -0.1) is 0 Å². The molecule has 112 valence electrons. The van der Waals surface area contributed by atoms with Crippen molar-refractivity contribution in [2.24, 2.45) is 0 Å². The molecule has 1 aliphatic carbocycles. The number of benzene rings is 1. The summed E-state index contributed by atoms with van der Waals surface area (Å²) in [7, 11) is 0. The van der Waals surface area contributed by atoms with Crippen LogP contribution in [0.1, 0.15) is 36.9 Å². The number of rotatable bonds is 5. The van der Waals surface area contributed by atoms with E-state index in [1.54, 1.807) is 0 Å². The van der Waals surface area contributed by atoms with Gasteiger partial charge in [0.05, 0.1) is 12.1 Å². The molecule has 0 amide bonds. The van der Waals surface area contributed by atoms with Crippen LogP contribution in [0.2, 0.25) is 0 Å². The third-order valence-electron chi connectivity index (χ3n) is 3.54. The molecule has 0 heterocycles. The summed E-state index contributed by atoms with van der Waals surface area (Å²) in [5, 5.41) is 3.32. The Bertz CT molecular complexity index is 433. The van der Waals surface area contributed by atoms with Gasteiger partial charge in [-0.1, -0.05) is 31.2 Å². The van der Waals surface area contributed by atoms with Gasteiger partial charge in [0.2, 0.25) is 0 Å². The highest BCUT2D eigenvalue weighted by molar-refractivity contribution is 5.33. The lowest BCUT2D eigenvalue weighted by Crippen LogP contribution is -2.39. The summed E-state index contributed by atoms with van der Waals surface area (Å²) in [6, 6.07) is 7.75. The van der Waals surface area contributed by atoms with Crippen LogP contribution in [-0.4, -0.2) is 25.4 Å². The number of halogens is 3. The average molecular weight is 287 g/mol. The van der Waals surface area contributed by atoms with Crippen LogP contribution >= 0.6 is 0 Å². The molecule has 0 saturated carbocycles. The van der Waals surface area contributed by atoms with Crippen molar-refractivity contribution in [1.82, 2.24) is 5.32 Å². The molecule has 0 spiro atoms. The minimum Gasteiger partial charge on any atom is -0.367 e. The summed E-state index contributed by atoms with van der Waals surface area (Å²) in [6.45, 7) is 1.63. The standard InChI is InChI=1S/C15H20F3NO/c1-2-9-19-14-12-6-4-3-5-11(12)7-8-13(14)20-10-15(16,17)18/h3-6,13-14,19H,2,7-10H2,1H3. The Labute approximate surface area is 117 Å². The monoisotopic (exact) mass is 287 g/mol. The molecule has 1 N–H and O–H groups in total. The number of fused-ring (bicyclic) bond motifs is 1. The second-order valence-corrected chi connectivity index (χ2v) is 5.13. The number of ether oxygens (including phenoxy) is 1. The van der Waals surface area contributed by atoms with Gasteiger partial charge < -0.3 is 10.1 Å². The maximum absolute atomic E-state index is 12.3. The van der Waals surface area contributed by atoms with E-state index in [-0.39, 0.29) is 6.04 Å². The van der Waals surface area contributed by atoms with Crippen LogP contribution in [0.15, 0.2) is 24.3 Å². The van der Waals surface area contributed by atoms with Crippen LogP contribution in [-0.2, 0) is 11.2 Å². The zero-order chi connectivity index (χ0) is 14.6. The molecule has 2 unspecified atom stereocenters. The normalized spacial score (nSPS) is 22.6. The Morgan fingerprint density at radius 1 is 1.30 bits per heavy atom. The van der Waals surface area contributed by atoms with E-state index in [0.717, 1.165) is 24.9 Å². The summed E-state index contributed by atoms with van der Waals surface area (Å²) >= 11 is 0. The Hall–Kier alpha value is -1.07. The molecule has 0 aromatic heterocycles. The highest BCUT2D eigenvalue weighted by Crippen LogP contribution is 2.32. The van der Waals surface area contributed by atoms with E-state index in [1.807, 2.05) is 31.2 Å². The van der Waals surface area contributed by atoms with Gasteiger partial charge in [0.25, 0.3) is 0 Å². The SMILES string of the molecule is CCCNC1c2ccccc2CCC1OCC(F)(F)F. The molecule has 1 aliphatic rings. The minimum absolute atomic E-state index is 0.151. The second kappa shape index (κ2) is 6.59. The summed E-state index contributed by atoms with van der Waals surface area (Å²) < 4.78 is 42.1. The van der Waals surface area contributed by atoms with E-state index in [1.165, 1.54) is 5.56 Å². The molecule has 2 rings (SSSR count). The van der Waals surface area contributed by atoms with Crippen LogP contribution in [0, 0.1) is 0 Å². The van der Waals surface area contributed by atoms with Gasteiger partial charge in [-0.3, -0.25) is 0 Å². The van der Waals surface area contributed by atoms with E-state index in [2.05, 4.69) is 5.32 Å². The molecule has 2 nitrogen and oxygen atoms in total. The molecule has 0 aliphatic heterocycles. The second-order valence-electron chi connectivity index (χ2n) is 5.13. The minimum atomic E-state index is -4.27. The van der Waals surface area contributed by atoms with Crippen molar-refractivity contribution >= 4 is 0 Å². The van der Waals surface area contributed by atoms with Gasteiger partial charge in [0.15, 0.2) is 0 Å². The van der Waals surface area contributed by atoms with Crippen molar-refractivity contribution in [3.8, 4) is 0 Å². The molecule has 0 bridgehead atoms. The Balaban J connectivity index is 2.11. The van der Waals surface area contributed by atoms with Gasteiger partial charge in [0, 0.05) is 0 Å². The van der Waals surface area contributed by atoms with E-state index in [0.29, 0.717) is 6.42 Å². The molecular weight excluding hydrogens is 267 g/mol. The van der Waals surface area contributed by atoms with Crippen LogP contribution in [0.25, 0.3) is 0 Å². The number of aryl methyl sites for hydroxylation is 1. The first-order valence-corrected chi connectivity index (χ1v) is 7.01. The predicted molar refractivity (Wildman–Crippen MR) is 71.6 cm³/mol. The van der Waals surface area contributed by atoms with Gasteiger partial charge >= 0.3 is 6.18 Å². The first-order chi connectivity index (χ1) is 9.51. The third-order valence-corrected chi connectivity index (χ3v) is 3.54. The fraction of sp³-hybridized carbons (Fsp3) is 0.600. The molecule has 1 aromatic carbocycles. The van der Waals surface area contributed by atoms with E-state index < -0.39 is 18.9 Å². The highest BCUT2D eigenvalue weighted by atomic mass is 19.4. The van der Waals surface area contributed by atoms with Crippen molar-refractivity contribution in [2.45, 2.75) is 44.5 Å². The topological polar surface area (TPSA) is 21.3 Å². The Morgan fingerprint density at radius 2 is 2.05 bits per heavy atom. The van der Waals surface area contributed by atoms with Crippen molar-refractivity contribution in [3.63, 3.8) is 0 Å². The Kier molecular flexibility index (Phi) is 5.05. The summed E-state index contributed by atoms with van der Waals surface area (Å²) in [6.07, 6.45) is -2.37. The molecule has 0 saturated heterocycles. The van der Waals surface area contributed by atoms with Crippen LogP contribution in [0.4, 0.5) is 13.2 Å². The zero-order valence-corrected chi connectivity index (χ0v) is 11.5. The average Bonchev–Trinajstić information content (AvgIpc) is 2.42. The van der Waals surface area contributed by atoms with E-state index >= 15 is 0 Å². The third kappa shape index (κ3) is 3.96. The lowest BCUT2D eigenvalue weighted by Gasteiger charge is -2.34. The largest absolute Gasteiger partial charge is 0.411 e. The molecule has 20 heavy (non-hydrogen) atoms. The Morgan fingerprint density at radius 3 is 2.75 bits per heavy atom. The molecule has 5 heteroatoms. The first-order valence-electron chi connectivity index (χ1n) is 7.01. The first kappa shape index (κ1) is 15.3. The van der Waals surface area contributed by atoms with Crippen LogP contribution in [0.3, 0.4) is 0 Å². The van der Waals surface area contributed by atoms with Crippen molar-refractivity contribution in [3.05, 3.63) is 35.4 Å². The number of alkyl halides is 3. The predicted octanol–water partition coefficient (Wildman–Crippen LogP) is 3.62. The van der Waals surface area contributed by atoms with Crippen LogP contribution in [0.5, 0.6) is 0 Å². The molecule has 0 radical (unpaired) electrons. The fourth-order valence-corrected chi connectivity index (χ4v) is 2.65. The van der Waals surface area contributed by atoms with Gasteiger partial charge in [-0.25, -0.2) is 0 Å².